The van der Waals surface area contributed by atoms with E-state index in [1.165, 1.54) is 44.5 Å². The average molecular weight is 673 g/mol. The number of anilines is 6. The molecule has 0 radical (unpaired) electrons. The minimum atomic E-state index is 1.14. The van der Waals surface area contributed by atoms with Crippen molar-refractivity contribution in [3.63, 3.8) is 0 Å². The van der Waals surface area contributed by atoms with Gasteiger partial charge in [-0.25, -0.2) is 0 Å². The second kappa shape index (κ2) is 15.7. The van der Waals surface area contributed by atoms with Crippen LogP contribution in [0.1, 0.15) is 44.5 Å². The third-order valence-corrected chi connectivity index (χ3v) is 9.46. The van der Waals surface area contributed by atoms with Gasteiger partial charge in [-0.3, -0.25) is 0 Å². The van der Waals surface area contributed by atoms with Gasteiger partial charge in [0.15, 0.2) is 0 Å². The summed E-state index contributed by atoms with van der Waals surface area (Å²) in [6.07, 6.45) is 8.85. The SMILES string of the molecule is Cc1ccc(N(c2ccccc2)c2ccc(C=Cc3cccc(C=Cc4ccc(N(c5ccccc5)c5ccc(C)cc5)cc4C)c3)c(C)c2)cc1. The van der Waals surface area contributed by atoms with E-state index < -0.39 is 0 Å². The first-order valence-corrected chi connectivity index (χ1v) is 17.9. The minimum absolute atomic E-state index is 1.14. The van der Waals surface area contributed by atoms with Gasteiger partial charge in [0.2, 0.25) is 0 Å². The smallest absolute Gasteiger partial charge is 0.0464 e. The highest BCUT2D eigenvalue weighted by molar-refractivity contribution is 5.81. The zero-order valence-corrected chi connectivity index (χ0v) is 30.4. The fourth-order valence-electron chi connectivity index (χ4n) is 6.55. The second-order valence-electron chi connectivity index (χ2n) is 13.4. The zero-order chi connectivity index (χ0) is 35.9. The lowest BCUT2D eigenvalue weighted by atomic mass is 10.0. The first-order chi connectivity index (χ1) is 25.4. The van der Waals surface area contributed by atoms with Crippen LogP contribution in [0.3, 0.4) is 0 Å². The standard InChI is InChI=1S/C50H44N2/c1-37-18-28-47(29-19-37)51(45-14-7-5-8-15-45)49-32-26-43(39(3)34-49)24-22-41-12-11-13-42(36-41)23-25-44-27-33-50(35-40(44)4)52(46-16-9-6-10-17-46)48-30-20-38(2)21-31-48/h5-36H,1-4H3. The number of rotatable bonds is 10. The van der Waals surface area contributed by atoms with Crippen LogP contribution in [0.15, 0.2) is 170 Å². The normalized spacial score (nSPS) is 11.3. The highest BCUT2D eigenvalue weighted by atomic mass is 15.1. The quantitative estimate of drug-likeness (QED) is 0.133. The van der Waals surface area contributed by atoms with Gasteiger partial charge in [-0.1, -0.05) is 126 Å². The van der Waals surface area contributed by atoms with Crippen molar-refractivity contribution in [1.29, 1.82) is 0 Å². The first-order valence-electron chi connectivity index (χ1n) is 17.9. The first kappa shape index (κ1) is 34.1. The fourth-order valence-corrected chi connectivity index (χ4v) is 6.55. The summed E-state index contributed by atoms with van der Waals surface area (Å²) in [5.41, 5.74) is 16.5. The van der Waals surface area contributed by atoms with Crippen LogP contribution in [0.25, 0.3) is 24.3 Å². The van der Waals surface area contributed by atoms with E-state index in [0.717, 1.165) is 34.1 Å². The van der Waals surface area contributed by atoms with Crippen LogP contribution in [0.4, 0.5) is 34.1 Å². The number of para-hydroxylation sites is 2. The van der Waals surface area contributed by atoms with E-state index >= 15 is 0 Å². The lowest BCUT2D eigenvalue weighted by molar-refractivity contribution is 1.26. The molecule has 0 spiro atoms. The van der Waals surface area contributed by atoms with E-state index in [2.05, 4.69) is 232 Å². The third-order valence-electron chi connectivity index (χ3n) is 9.46. The van der Waals surface area contributed by atoms with Crippen molar-refractivity contribution >= 4 is 58.4 Å². The Hall–Kier alpha value is -6.38. The molecule has 7 rings (SSSR count). The fraction of sp³-hybridized carbons (Fsp3) is 0.0800. The Labute approximate surface area is 309 Å². The maximum absolute atomic E-state index is 2.31. The molecule has 0 fully saturated rings. The summed E-state index contributed by atoms with van der Waals surface area (Å²) in [5.74, 6) is 0. The summed E-state index contributed by atoms with van der Waals surface area (Å²) < 4.78 is 0. The molecule has 0 unspecified atom stereocenters. The van der Waals surface area contributed by atoms with Crippen LogP contribution in [0.2, 0.25) is 0 Å². The molecule has 0 bridgehead atoms. The lowest BCUT2D eigenvalue weighted by Crippen LogP contribution is -2.10. The zero-order valence-electron chi connectivity index (χ0n) is 30.4. The Morgan fingerprint density at radius 2 is 0.673 bits per heavy atom. The molecule has 2 nitrogen and oxygen atoms in total. The molecule has 7 aromatic carbocycles. The van der Waals surface area contributed by atoms with Gasteiger partial charge in [0.05, 0.1) is 0 Å². The maximum Gasteiger partial charge on any atom is 0.0464 e. The maximum atomic E-state index is 2.31. The van der Waals surface area contributed by atoms with Crippen LogP contribution in [0.5, 0.6) is 0 Å². The van der Waals surface area contributed by atoms with Crippen molar-refractivity contribution in [1.82, 2.24) is 0 Å². The lowest BCUT2D eigenvalue weighted by Gasteiger charge is -2.26. The van der Waals surface area contributed by atoms with Gasteiger partial charge in [-0.05, 0) is 140 Å². The number of benzene rings is 7. The Bertz CT molecular complexity index is 2150. The summed E-state index contributed by atoms with van der Waals surface area (Å²) in [5, 5.41) is 0. The summed E-state index contributed by atoms with van der Waals surface area (Å²) in [7, 11) is 0. The van der Waals surface area contributed by atoms with Crippen LogP contribution < -0.4 is 9.80 Å². The molecule has 0 heterocycles. The van der Waals surface area contributed by atoms with Gasteiger partial charge < -0.3 is 9.80 Å². The molecular weight excluding hydrogens is 629 g/mol. The summed E-state index contributed by atoms with van der Waals surface area (Å²) in [6.45, 7) is 8.63. The van der Waals surface area contributed by atoms with Crippen LogP contribution in [-0.2, 0) is 0 Å². The van der Waals surface area contributed by atoms with Gasteiger partial charge in [-0.2, -0.15) is 0 Å². The van der Waals surface area contributed by atoms with E-state index in [1.54, 1.807) is 0 Å². The van der Waals surface area contributed by atoms with E-state index in [4.69, 9.17) is 0 Å². The molecule has 0 aliphatic rings. The molecule has 0 saturated heterocycles. The Morgan fingerprint density at radius 1 is 0.308 bits per heavy atom. The molecule has 0 amide bonds. The van der Waals surface area contributed by atoms with Crippen molar-refractivity contribution in [2.24, 2.45) is 0 Å². The summed E-state index contributed by atoms with van der Waals surface area (Å²) in [6, 6.07) is 60.7. The molecule has 0 aliphatic carbocycles. The highest BCUT2D eigenvalue weighted by Gasteiger charge is 2.14. The van der Waals surface area contributed by atoms with Crippen molar-refractivity contribution in [3.8, 4) is 0 Å². The van der Waals surface area contributed by atoms with Gasteiger partial charge in [0.25, 0.3) is 0 Å². The minimum Gasteiger partial charge on any atom is -0.310 e. The summed E-state index contributed by atoms with van der Waals surface area (Å²) in [4.78, 5) is 4.63. The van der Waals surface area contributed by atoms with Crippen LogP contribution >= 0.6 is 0 Å². The molecule has 52 heavy (non-hydrogen) atoms. The predicted octanol–water partition coefficient (Wildman–Crippen LogP) is 14.2. The molecule has 0 atom stereocenters. The second-order valence-corrected chi connectivity index (χ2v) is 13.4. The number of hydrogen-bond acceptors (Lipinski definition) is 2. The predicted molar refractivity (Wildman–Crippen MR) is 225 cm³/mol. The molecule has 7 aromatic rings. The molecule has 2 heteroatoms. The molecular formula is C50H44N2. The third kappa shape index (κ3) is 7.98. The van der Waals surface area contributed by atoms with E-state index in [-0.39, 0.29) is 0 Å². The Morgan fingerprint density at radius 3 is 1.06 bits per heavy atom. The molecule has 254 valence electrons. The molecule has 0 aliphatic heterocycles. The van der Waals surface area contributed by atoms with Gasteiger partial charge in [0.1, 0.15) is 0 Å². The van der Waals surface area contributed by atoms with Gasteiger partial charge in [-0.15, -0.1) is 0 Å². The highest BCUT2D eigenvalue weighted by Crippen LogP contribution is 2.37. The number of hydrogen-bond donors (Lipinski definition) is 0. The van der Waals surface area contributed by atoms with Crippen molar-refractivity contribution in [2.45, 2.75) is 27.7 Å². The van der Waals surface area contributed by atoms with Crippen molar-refractivity contribution in [2.75, 3.05) is 9.80 Å². The van der Waals surface area contributed by atoms with Crippen molar-refractivity contribution < 1.29 is 0 Å². The molecule has 0 saturated carbocycles. The number of aryl methyl sites for hydroxylation is 4. The van der Waals surface area contributed by atoms with Crippen LogP contribution in [0, 0.1) is 27.7 Å². The van der Waals surface area contributed by atoms with E-state index in [9.17, 15) is 0 Å². The average Bonchev–Trinajstić information content (AvgIpc) is 3.17. The molecule has 0 aromatic heterocycles. The van der Waals surface area contributed by atoms with Crippen LogP contribution in [-0.4, -0.2) is 0 Å². The van der Waals surface area contributed by atoms with E-state index in [0.29, 0.717) is 0 Å². The largest absolute Gasteiger partial charge is 0.310 e. The van der Waals surface area contributed by atoms with Gasteiger partial charge in [0, 0.05) is 34.1 Å². The van der Waals surface area contributed by atoms with Gasteiger partial charge >= 0.3 is 0 Å². The Balaban J connectivity index is 1.09. The molecule has 0 N–H and O–H groups in total. The van der Waals surface area contributed by atoms with Crippen molar-refractivity contribution in [3.05, 3.63) is 214 Å². The number of nitrogens with zero attached hydrogens (tertiary/aromatic N) is 2. The van der Waals surface area contributed by atoms with E-state index in [1.807, 2.05) is 0 Å². The summed E-state index contributed by atoms with van der Waals surface area (Å²) >= 11 is 0. The topological polar surface area (TPSA) is 6.48 Å². The Kier molecular flexibility index (Phi) is 10.3. The monoisotopic (exact) mass is 672 g/mol.